The molecule has 4 amide bonds. The number of rotatable bonds is 6. The van der Waals surface area contributed by atoms with E-state index in [2.05, 4.69) is 0 Å². The molecule has 1 aliphatic heterocycles. The molecular formula is C16H22N3O3+. The molecule has 118 valence electrons. The highest BCUT2D eigenvalue weighted by atomic mass is 16.2. The summed E-state index contributed by atoms with van der Waals surface area (Å²) in [6.07, 6.45) is 0. The van der Waals surface area contributed by atoms with E-state index >= 15 is 0 Å². The van der Waals surface area contributed by atoms with Gasteiger partial charge in [0.25, 0.3) is 0 Å². The van der Waals surface area contributed by atoms with Crippen LogP contribution in [-0.4, -0.2) is 47.9 Å². The normalized spacial score (nSPS) is 16.8. The third kappa shape index (κ3) is 3.51. The Bertz CT molecular complexity index is 571. The lowest BCUT2D eigenvalue weighted by Gasteiger charge is -2.20. The Morgan fingerprint density at radius 2 is 1.59 bits per heavy atom. The Balaban J connectivity index is 2.01. The lowest BCUT2D eigenvalue weighted by atomic mass is 10.2. The summed E-state index contributed by atoms with van der Waals surface area (Å²) in [7, 11) is 1.89. The maximum absolute atomic E-state index is 12.2. The smallest absolute Gasteiger partial charge is 0.316 e. The minimum atomic E-state index is -0.724. The zero-order valence-corrected chi connectivity index (χ0v) is 13.2. The van der Waals surface area contributed by atoms with Gasteiger partial charge < -0.3 is 4.90 Å². The van der Waals surface area contributed by atoms with E-state index in [1.165, 1.54) is 0 Å². The second-order valence-corrected chi connectivity index (χ2v) is 6.10. The van der Waals surface area contributed by atoms with E-state index in [9.17, 15) is 14.4 Å². The molecule has 0 aromatic heterocycles. The van der Waals surface area contributed by atoms with E-state index in [0.29, 0.717) is 6.54 Å². The molecule has 1 aromatic rings. The first-order valence-electron chi connectivity index (χ1n) is 7.42. The van der Waals surface area contributed by atoms with Crippen LogP contribution >= 0.6 is 0 Å². The van der Waals surface area contributed by atoms with E-state index in [1.807, 2.05) is 51.2 Å². The molecule has 0 radical (unpaired) electrons. The maximum Gasteiger partial charge on any atom is 0.338 e. The number of imide groups is 2. The van der Waals surface area contributed by atoms with Crippen molar-refractivity contribution < 1.29 is 19.3 Å². The first-order chi connectivity index (χ1) is 10.4. The number of amides is 4. The highest BCUT2D eigenvalue weighted by molar-refractivity contribution is 6.44. The summed E-state index contributed by atoms with van der Waals surface area (Å²) >= 11 is 0. The van der Waals surface area contributed by atoms with Crippen LogP contribution in [0.25, 0.3) is 0 Å². The maximum atomic E-state index is 12.2. The van der Waals surface area contributed by atoms with Crippen molar-refractivity contribution in [1.29, 1.82) is 0 Å². The molecule has 22 heavy (non-hydrogen) atoms. The fraction of sp³-hybridized carbons (Fsp3) is 0.438. The van der Waals surface area contributed by atoms with Gasteiger partial charge in [-0.15, -0.1) is 0 Å². The van der Waals surface area contributed by atoms with Gasteiger partial charge in [0.2, 0.25) is 0 Å². The van der Waals surface area contributed by atoms with Gasteiger partial charge in [-0.2, -0.15) is 0 Å². The number of hydrogen-bond acceptors (Lipinski definition) is 3. The SMILES string of the molecule is CC(C)CN1C(=O)C(=O)N(C[NH+](C)Cc2ccccc2)C1=O. The lowest BCUT2D eigenvalue weighted by molar-refractivity contribution is -0.901. The molecule has 6 nitrogen and oxygen atoms in total. The predicted octanol–water partition coefficient (Wildman–Crippen LogP) is 0.106. The fourth-order valence-corrected chi connectivity index (χ4v) is 2.49. The molecule has 0 saturated carbocycles. The molecule has 6 heteroatoms. The van der Waals surface area contributed by atoms with E-state index in [0.717, 1.165) is 20.3 Å². The summed E-state index contributed by atoms with van der Waals surface area (Å²) in [5, 5.41) is 0. The second kappa shape index (κ2) is 6.70. The standard InChI is InChI=1S/C16H21N3O3/c1-12(2)9-18-14(20)15(21)19(16(18)22)11-17(3)10-13-7-5-4-6-8-13/h4-8,12H,9-11H2,1-3H3/p+1. The topological polar surface area (TPSA) is 62.1 Å². The van der Waals surface area contributed by atoms with Crippen LogP contribution in [0.4, 0.5) is 4.79 Å². The predicted molar refractivity (Wildman–Crippen MR) is 80.7 cm³/mol. The highest BCUT2D eigenvalue weighted by Gasteiger charge is 2.45. The first kappa shape index (κ1) is 16.2. The molecule has 0 aliphatic carbocycles. The van der Waals surface area contributed by atoms with Crippen LogP contribution < -0.4 is 4.90 Å². The number of nitrogens with zero attached hydrogens (tertiary/aromatic N) is 2. The molecule has 2 rings (SSSR count). The Labute approximate surface area is 130 Å². The van der Waals surface area contributed by atoms with Crippen molar-refractivity contribution in [1.82, 2.24) is 9.80 Å². The van der Waals surface area contributed by atoms with E-state index < -0.39 is 17.8 Å². The second-order valence-electron chi connectivity index (χ2n) is 6.10. The quantitative estimate of drug-likeness (QED) is 0.599. The number of hydrogen-bond donors (Lipinski definition) is 1. The molecular weight excluding hydrogens is 282 g/mol. The largest absolute Gasteiger partial charge is 0.338 e. The summed E-state index contributed by atoms with van der Waals surface area (Å²) in [5.41, 5.74) is 1.12. The van der Waals surface area contributed by atoms with Crippen LogP contribution in [0.5, 0.6) is 0 Å². The average Bonchev–Trinajstić information content (AvgIpc) is 2.66. The van der Waals surface area contributed by atoms with Crippen molar-refractivity contribution in [2.45, 2.75) is 20.4 Å². The van der Waals surface area contributed by atoms with Gasteiger partial charge in [-0.05, 0) is 5.92 Å². The van der Waals surface area contributed by atoms with Crippen LogP contribution in [0.1, 0.15) is 19.4 Å². The van der Waals surface area contributed by atoms with Crippen LogP contribution in [0.15, 0.2) is 30.3 Å². The van der Waals surface area contributed by atoms with Crippen LogP contribution in [-0.2, 0) is 16.1 Å². The number of nitrogens with one attached hydrogen (secondary N) is 1. The fourth-order valence-electron chi connectivity index (χ4n) is 2.49. The molecule has 1 aliphatic rings. The minimum Gasteiger partial charge on any atom is -0.316 e. The van der Waals surface area contributed by atoms with E-state index in [1.54, 1.807) is 0 Å². The van der Waals surface area contributed by atoms with Gasteiger partial charge in [0.15, 0.2) is 6.67 Å². The van der Waals surface area contributed by atoms with Crippen molar-refractivity contribution in [2.75, 3.05) is 20.3 Å². The van der Waals surface area contributed by atoms with Crippen molar-refractivity contribution in [2.24, 2.45) is 5.92 Å². The third-order valence-electron chi connectivity index (χ3n) is 3.46. The number of quaternary nitrogens is 1. The van der Waals surface area contributed by atoms with Crippen molar-refractivity contribution in [3.63, 3.8) is 0 Å². The summed E-state index contributed by atoms with van der Waals surface area (Å²) in [5.74, 6) is -1.31. The summed E-state index contributed by atoms with van der Waals surface area (Å²) in [4.78, 5) is 39.2. The van der Waals surface area contributed by atoms with Gasteiger partial charge in [0, 0.05) is 12.1 Å². The zero-order chi connectivity index (χ0) is 16.3. The molecule has 1 heterocycles. The monoisotopic (exact) mass is 304 g/mol. The van der Waals surface area contributed by atoms with Gasteiger partial charge >= 0.3 is 17.8 Å². The molecule has 1 fully saturated rings. The average molecular weight is 304 g/mol. The van der Waals surface area contributed by atoms with E-state index in [4.69, 9.17) is 0 Å². The molecule has 0 spiro atoms. The van der Waals surface area contributed by atoms with Crippen molar-refractivity contribution >= 4 is 17.8 Å². The Morgan fingerprint density at radius 1 is 1.00 bits per heavy atom. The number of benzene rings is 1. The van der Waals surface area contributed by atoms with Crippen LogP contribution in [0.2, 0.25) is 0 Å². The molecule has 1 N–H and O–H groups in total. The summed E-state index contributed by atoms with van der Waals surface area (Å²) in [6, 6.07) is 9.32. The van der Waals surface area contributed by atoms with Crippen LogP contribution in [0.3, 0.4) is 0 Å². The van der Waals surface area contributed by atoms with E-state index in [-0.39, 0.29) is 19.1 Å². The molecule has 0 bridgehead atoms. The molecule has 1 unspecified atom stereocenters. The summed E-state index contributed by atoms with van der Waals surface area (Å²) in [6.45, 7) is 4.95. The molecule has 1 saturated heterocycles. The molecule has 1 atom stereocenters. The van der Waals surface area contributed by atoms with Crippen molar-refractivity contribution in [3.05, 3.63) is 35.9 Å². The Morgan fingerprint density at radius 3 is 2.18 bits per heavy atom. The number of carbonyl (C=O) groups is 3. The third-order valence-corrected chi connectivity index (χ3v) is 3.46. The van der Waals surface area contributed by atoms with Gasteiger partial charge in [0.05, 0.1) is 7.05 Å². The number of carbonyl (C=O) groups excluding carboxylic acids is 3. The van der Waals surface area contributed by atoms with Crippen LogP contribution in [0, 0.1) is 5.92 Å². The lowest BCUT2D eigenvalue weighted by Crippen LogP contribution is -3.09. The minimum absolute atomic E-state index is 0.134. The molecule has 1 aromatic carbocycles. The van der Waals surface area contributed by atoms with Gasteiger partial charge in [-0.1, -0.05) is 44.2 Å². The summed E-state index contributed by atoms with van der Waals surface area (Å²) < 4.78 is 0. The highest BCUT2D eigenvalue weighted by Crippen LogP contribution is 2.12. The zero-order valence-electron chi connectivity index (χ0n) is 13.2. The Hall–Kier alpha value is -2.21. The van der Waals surface area contributed by atoms with Gasteiger partial charge in [-0.3, -0.25) is 14.5 Å². The van der Waals surface area contributed by atoms with Crippen molar-refractivity contribution in [3.8, 4) is 0 Å². The first-order valence-corrected chi connectivity index (χ1v) is 7.42. The van der Waals surface area contributed by atoms with Gasteiger partial charge in [-0.25, -0.2) is 9.69 Å². The Kier molecular flexibility index (Phi) is 4.92. The van der Waals surface area contributed by atoms with Gasteiger partial charge in [0.1, 0.15) is 6.54 Å². The number of urea groups is 1.